The molecule has 0 spiro atoms. The predicted molar refractivity (Wildman–Crippen MR) is 81.0 cm³/mol. The Hall–Kier alpha value is -1.61. The molecular formula is C17H17ClF2O. The van der Waals surface area contributed by atoms with Crippen molar-refractivity contribution in [3.05, 3.63) is 64.7 Å². The first kappa shape index (κ1) is 15.8. The molecule has 0 radical (unpaired) electrons. The van der Waals surface area contributed by atoms with E-state index >= 15 is 0 Å². The van der Waals surface area contributed by atoms with E-state index in [0.29, 0.717) is 17.9 Å². The molecule has 2 rings (SSSR count). The van der Waals surface area contributed by atoms with Crippen molar-refractivity contribution >= 4 is 11.6 Å². The molecule has 2 aromatic rings. The molecule has 0 aliphatic carbocycles. The van der Waals surface area contributed by atoms with E-state index in [2.05, 4.69) is 0 Å². The average Bonchev–Trinajstić information content (AvgIpc) is 2.44. The molecule has 0 aliphatic rings. The monoisotopic (exact) mass is 310 g/mol. The van der Waals surface area contributed by atoms with Gasteiger partial charge in [0.05, 0.1) is 12.0 Å². The lowest BCUT2D eigenvalue weighted by atomic mass is 10.0. The molecule has 0 aromatic heterocycles. The van der Waals surface area contributed by atoms with Gasteiger partial charge in [-0.3, -0.25) is 0 Å². The Morgan fingerprint density at radius 1 is 1.14 bits per heavy atom. The van der Waals surface area contributed by atoms with E-state index in [1.807, 2.05) is 32.0 Å². The molecule has 0 saturated carbocycles. The molecule has 2 aromatic carbocycles. The maximum Gasteiger partial charge on any atom is 0.129 e. The van der Waals surface area contributed by atoms with Crippen LogP contribution in [0.15, 0.2) is 36.4 Å². The van der Waals surface area contributed by atoms with Crippen LogP contribution in [-0.2, 0) is 6.42 Å². The fourth-order valence-electron chi connectivity index (χ4n) is 2.19. The summed E-state index contributed by atoms with van der Waals surface area (Å²) < 4.78 is 32.2. The van der Waals surface area contributed by atoms with Crippen LogP contribution < -0.4 is 4.74 Å². The Kier molecular flexibility index (Phi) is 5.18. The van der Waals surface area contributed by atoms with Crippen LogP contribution in [0.4, 0.5) is 8.78 Å². The fraction of sp³-hybridized carbons (Fsp3) is 0.294. The highest BCUT2D eigenvalue weighted by atomic mass is 35.5. The minimum Gasteiger partial charge on any atom is -0.494 e. The van der Waals surface area contributed by atoms with Crippen LogP contribution in [0.25, 0.3) is 0 Å². The molecule has 21 heavy (non-hydrogen) atoms. The fourth-order valence-corrected chi connectivity index (χ4v) is 2.53. The molecule has 0 saturated heterocycles. The van der Waals surface area contributed by atoms with Crippen molar-refractivity contribution in [2.24, 2.45) is 0 Å². The maximum atomic E-state index is 13.7. The molecule has 1 unspecified atom stereocenters. The van der Waals surface area contributed by atoms with E-state index in [1.54, 1.807) is 0 Å². The van der Waals surface area contributed by atoms with E-state index in [0.717, 1.165) is 17.2 Å². The summed E-state index contributed by atoms with van der Waals surface area (Å²) >= 11 is 6.42. The number of halogens is 3. The van der Waals surface area contributed by atoms with Gasteiger partial charge in [-0.25, -0.2) is 8.78 Å². The second-order valence-corrected chi connectivity index (χ2v) is 5.41. The third-order valence-electron chi connectivity index (χ3n) is 3.22. The molecule has 4 heteroatoms. The van der Waals surface area contributed by atoms with E-state index in [1.165, 1.54) is 12.1 Å². The van der Waals surface area contributed by atoms with Crippen LogP contribution in [0.2, 0.25) is 0 Å². The zero-order chi connectivity index (χ0) is 15.4. The number of benzene rings is 2. The zero-order valence-electron chi connectivity index (χ0n) is 12.0. The van der Waals surface area contributed by atoms with Gasteiger partial charge in [-0.15, -0.1) is 11.6 Å². The van der Waals surface area contributed by atoms with Gasteiger partial charge in [0.2, 0.25) is 0 Å². The minimum atomic E-state index is -0.590. The molecule has 0 N–H and O–H groups in total. The van der Waals surface area contributed by atoms with Crippen LogP contribution in [0.1, 0.15) is 29.0 Å². The smallest absolute Gasteiger partial charge is 0.129 e. The number of aryl methyl sites for hydroxylation is 1. The standard InChI is InChI=1S/C17H17ClF2O/c1-3-21-17-7-4-11(2)8-14(17)15(18)9-12-5-6-13(19)10-16(12)20/h4-8,10,15H,3,9H2,1-2H3. The molecule has 0 bridgehead atoms. The summed E-state index contributed by atoms with van der Waals surface area (Å²) in [6, 6.07) is 9.28. The Balaban J connectivity index is 2.27. The first-order chi connectivity index (χ1) is 10.0. The highest BCUT2D eigenvalue weighted by Gasteiger charge is 2.17. The van der Waals surface area contributed by atoms with Gasteiger partial charge < -0.3 is 4.74 Å². The minimum absolute atomic E-state index is 0.275. The summed E-state index contributed by atoms with van der Waals surface area (Å²) in [4.78, 5) is 0. The lowest BCUT2D eigenvalue weighted by molar-refractivity contribution is 0.336. The van der Waals surface area contributed by atoms with Gasteiger partial charge in [0.15, 0.2) is 0 Å². The Morgan fingerprint density at radius 2 is 1.90 bits per heavy atom. The molecule has 1 atom stereocenters. The van der Waals surface area contributed by atoms with Gasteiger partial charge in [0, 0.05) is 11.6 Å². The van der Waals surface area contributed by atoms with Crippen LogP contribution >= 0.6 is 11.6 Å². The summed E-state index contributed by atoms with van der Waals surface area (Å²) in [6.45, 7) is 4.39. The largest absolute Gasteiger partial charge is 0.494 e. The van der Waals surface area contributed by atoms with E-state index < -0.39 is 17.0 Å². The first-order valence-corrected chi connectivity index (χ1v) is 7.26. The lowest BCUT2D eigenvalue weighted by Gasteiger charge is -2.16. The second kappa shape index (κ2) is 6.90. The Bertz CT molecular complexity index is 628. The summed E-state index contributed by atoms with van der Waals surface area (Å²) in [5.41, 5.74) is 2.27. The molecule has 0 amide bonds. The van der Waals surface area contributed by atoms with Gasteiger partial charge >= 0.3 is 0 Å². The lowest BCUT2D eigenvalue weighted by Crippen LogP contribution is -2.03. The molecule has 112 valence electrons. The zero-order valence-corrected chi connectivity index (χ0v) is 12.8. The average molecular weight is 311 g/mol. The van der Waals surface area contributed by atoms with Gasteiger partial charge in [-0.05, 0) is 38.0 Å². The number of hydrogen-bond donors (Lipinski definition) is 0. The number of hydrogen-bond acceptors (Lipinski definition) is 1. The molecular weight excluding hydrogens is 294 g/mol. The van der Waals surface area contributed by atoms with E-state index in [9.17, 15) is 8.78 Å². The van der Waals surface area contributed by atoms with Crippen molar-refractivity contribution in [3.63, 3.8) is 0 Å². The van der Waals surface area contributed by atoms with Gasteiger partial charge in [0.1, 0.15) is 17.4 Å². The Morgan fingerprint density at radius 3 is 2.57 bits per heavy atom. The van der Waals surface area contributed by atoms with Gasteiger partial charge in [0.25, 0.3) is 0 Å². The second-order valence-electron chi connectivity index (χ2n) is 4.88. The number of rotatable bonds is 5. The normalized spacial score (nSPS) is 12.2. The van der Waals surface area contributed by atoms with E-state index in [-0.39, 0.29) is 6.42 Å². The maximum absolute atomic E-state index is 13.7. The van der Waals surface area contributed by atoms with Crippen LogP contribution in [-0.4, -0.2) is 6.61 Å². The van der Waals surface area contributed by atoms with Crippen molar-refractivity contribution in [2.75, 3.05) is 6.61 Å². The van der Waals surface area contributed by atoms with Crippen LogP contribution in [0.5, 0.6) is 5.75 Å². The van der Waals surface area contributed by atoms with Crippen LogP contribution in [0.3, 0.4) is 0 Å². The van der Waals surface area contributed by atoms with E-state index in [4.69, 9.17) is 16.3 Å². The SMILES string of the molecule is CCOc1ccc(C)cc1C(Cl)Cc1ccc(F)cc1F. The molecule has 0 heterocycles. The number of ether oxygens (including phenoxy) is 1. The highest BCUT2D eigenvalue weighted by molar-refractivity contribution is 6.21. The summed E-state index contributed by atoms with van der Waals surface area (Å²) in [6.07, 6.45) is 0.275. The first-order valence-electron chi connectivity index (χ1n) is 6.82. The quantitative estimate of drug-likeness (QED) is 0.690. The summed E-state index contributed by atoms with van der Waals surface area (Å²) in [7, 11) is 0. The number of alkyl halides is 1. The molecule has 1 nitrogen and oxygen atoms in total. The van der Waals surface area contributed by atoms with Crippen molar-refractivity contribution in [2.45, 2.75) is 25.6 Å². The third kappa shape index (κ3) is 3.94. The van der Waals surface area contributed by atoms with Crippen molar-refractivity contribution < 1.29 is 13.5 Å². The molecule has 0 fully saturated rings. The van der Waals surface area contributed by atoms with Crippen molar-refractivity contribution in [1.29, 1.82) is 0 Å². The predicted octanol–water partition coefficient (Wildman–Crippen LogP) is 5.19. The van der Waals surface area contributed by atoms with Gasteiger partial charge in [-0.2, -0.15) is 0 Å². The highest BCUT2D eigenvalue weighted by Crippen LogP contribution is 2.33. The Labute approximate surface area is 128 Å². The van der Waals surface area contributed by atoms with Crippen LogP contribution in [0, 0.1) is 18.6 Å². The molecule has 0 aliphatic heterocycles. The van der Waals surface area contributed by atoms with Crippen molar-refractivity contribution in [3.8, 4) is 5.75 Å². The summed E-state index contributed by atoms with van der Waals surface area (Å²) in [5, 5.41) is -0.439. The third-order valence-corrected chi connectivity index (χ3v) is 3.61. The van der Waals surface area contributed by atoms with Gasteiger partial charge in [-0.1, -0.05) is 23.8 Å². The summed E-state index contributed by atoms with van der Waals surface area (Å²) in [5.74, 6) is -0.468. The topological polar surface area (TPSA) is 9.23 Å². The van der Waals surface area contributed by atoms with Crippen molar-refractivity contribution in [1.82, 2.24) is 0 Å².